The lowest BCUT2D eigenvalue weighted by molar-refractivity contribution is 0.527. The Kier molecular flexibility index (Phi) is 5.26. The van der Waals surface area contributed by atoms with Gasteiger partial charge in [0, 0.05) is 17.8 Å². The molecule has 1 rings (SSSR count). The van der Waals surface area contributed by atoms with Gasteiger partial charge in [0.15, 0.2) is 0 Å². The van der Waals surface area contributed by atoms with Crippen molar-refractivity contribution < 1.29 is 4.42 Å². The first-order chi connectivity index (χ1) is 7.09. The highest BCUT2D eigenvalue weighted by Crippen LogP contribution is 2.20. The molecule has 0 aliphatic rings. The Labute approximate surface area is 96.8 Å². The Balaban J connectivity index is 2.22. The summed E-state index contributed by atoms with van der Waals surface area (Å²) in [5.74, 6) is 2.08. The number of furan rings is 1. The number of hydrogen-bond acceptors (Lipinski definition) is 3. The molecule has 1 atom stereocenters. The van der Waals surface area contributed by atoms with Crippen LogP contribution in [-0.4, -0.2) is 17.8 Å². The van der Waals surface area contributed by atoms with Gasteiger partial charge >= 0.3 is 0 Å². The summed E-state index contributed by atoms with van der Waals surface area (Å²) >= 11 is 1.93. The Morgan fingerprint density at radius 3 is 2.67 bits per heavy atom. The maximum atomic E-state index is 5.40. The number of nitrogens with one attached hydrogen (secondary N) is 1. The van der Waals surface area contributed by atoms with Crippen LogP contribution in [0.2, 0.25) is 0 Å². The molecule has 0 amide bonds. The summed E-state index contributed by atoms with van der Waals surface area (Å²) in [6.45, 7) is 9.75. The molecule has 3 heteroatoms. The SMILES string of the molecule is Cc1ccoc1CSC(C)CNC(C)C. The Morgan fingerprint density at radius 1 is 1.40 bits per heavy atom. The number of hydrogen-bond donors (Lipinski definition) is 1. The fourth-order valence-corrected chi connectivity index (χ4v) is 2.18. The van der Waals surface area contributed by atoms with Crippen LogP contribution >= 0.6 is 11.8 Å². The van der Waals surface area contributed by atoms with Gasteiger partial charge in [0.25, 0.3) is 0 Å². The lowest BCUT2D eigenvalue weighted by Crippen LogP contribution is -2.29. The summed E-state index contributed by atoms with van der Waals surface area (Å²) in [6, 6.07) is 2.59. The van der Waals surface area contributed by atoms with Crippen LogP contribution in [0.4, 0.5) is 0 Å². The summed E-state index contributed by atoms with van der Waals surface area (Å²) in [6.07, 6.45) is 1.77. The molecule has 0 spiro atoms. The lowest BCUT2D eigenvalue weighted by atomic mass is 10.3. The van der Waals surface area contributed by atoms with Gasteiger partial charge < -0.3 is 9.73 Å². The third kappa shape index (κ3) is 4.76. The van der Waals surface area contributed by atoms with E-state index in [4.69, 9.17) is 4.42 Å². The first-order valence-corrected chi connectivity index (χ1v) is 6.52. The van der Waals surface area contributed by atoms with E-state index in [1.165, 1.54) is 5.56 Å². The van der Waals surface area contributed by atoms with Crippen LogP contribution < -0.4 is 5.32 Å². The van der Waals surface area contributed by atoms with Gasteiger partial charge in [-0.2, -0.15) is 0 Å². The second kappa shape index (κ2) is 6.23. The highest BCUT2D eigenvalue weighted by atomic mass is 32.2. The quantitative estimate of drug-likeness (QED) is 0.808. The fourth-order valence-electron chi connectivity index (χ4n) is 1.23. The van der Waals surface area contributed by atoms with Gasteiger partial charge in [-0.05, 0) is 18.6 Å². The van der Waals surface area contributed by atoms with Crippen molar-refractivity contribution in [1.29, 1.82) is 0 Å². The molecule has 0 fully saturated rings. The van der Waals surface area contributed by atoms with Gasteiger partial charge in [-0.1, -0.05) is 20.8 Å². The van der Waals surface area contributed by atoms with E-state index in [9.17, 15) is 0 Å². The molecule has 15 heavy (non-hydrogen) atoms. The molecule has 1 N–H and O–H groups in total. The van der Waals surface area contributed by atoms with Crippen molar-refractivity contribution in [2.75, 3.05) is 6.54 Å². The molecule has 1 unspecified atom stereocenters. The summed E-state index contributed by atoms with van der Waals surface area (Å²) in [4.78, 5) is 0. The van der Waals surface area contributed by atoms with Crippen LogP contribution in [0.15, 0.2) is 16.7 Å². The highest BCUT2D eigenvalue weighted by Gasteiger charge is 2.07. The minimum Gasteiger partial charge on any atom is -0.468 e. The maximum Gasteiger partial charge on any atom is 0.116 e. The molecule has 0 saturated heterocycles. The number of aryl methyl sites for hydroxylation is 1. The summed E-state index contributed by atoms with van der Waals surface area (Å²) in [5, 5.41) is 4.06. The van der Waals surface area contributed by atoms with Crippen molar-refractivity contribution in [3.8, 4) is 0 Å². The van der Waals surface area contributed by atoms with Gasteiger partial charge in [-0.15, -0.1) is 11.8 Å². The van der Waals surface area contributed by atoms with Crippen molar-refractivity contribution in [3.05, 3.63) is 23.7 Å². The zero-order chi connectivity index (χ0) is 11.3. The predicted octanol–water partition coefficient (Wildman–Crippen LogP) is 3.21. The van der Waals surface area contributed by atoms with Crippen molar-refractivity contribution in [3.63, 3.8) is 0 Å². The third-order valence-electron chi connectivity index (χ3n) is 2.28. The normalized spacial score (nSPS) is 13.4. The molecule has 86 valence electrons. The van der Waals surface area contributed by atoms with E-state index in [1.54, 1.807) is 6.26 Å². The van der Waals surface area contributed by atoms with E-state index in [-0.39, 0.29) is 0 Å². The van der Waals surface area contributed by atoms with E-state index in [1.807, 2.05) is 17.8 Å². The molecule has 1 heterocycles. The van der Waals surface area contributed by atoms with Crippen LogP contribution in [0.3, 0.4) is 0 Å². The molecule has 0 aliphatic heterocycles. The van der Waals surface area contributed by atoms with E-state index in [0.29, 0.717) is 11.3 Å². The molecule has 0 aromatic carbocycles. The molecule has 0 aliphatic carbocycles. The molecule has 0 bridgehead atoms. The van der Waals surface area contributed by atoms with Crippen molar-refractivity contribution in [1.82, 2.24) is 5.32 Å². The van der Waals surface area contributed by atoms with Crippen molar-refractivity contribution >= 4 is 11.8 Å². The van der Waals surface area contributed by atoms with Gasteiger partial charge in [0.05, 0.1) is 12.0 Å². The molecular weight excluding hydrogens is 206 g/mol. The van der Waals surface area contributed by atoms with Gasteiger partial charge in [-0.3, -0.25) is 0 Å². The second-order valence-corrected chi connectivity index (χ2v) is 5.64. The Bertz CT molecular complexity index is 283. The zero-order valence-electron chi connectivity index (χ0n) is 10.0. The van der Waals surface area contributed by atoms with Crippen LogP contribution in [-0.2, 0) is 5.75 Å². The van der Waals surface area contributed by atoms with Gasteiger partial charge in [-0.25, -0.2) is 0 Å². The van der Waals surface area contributed by atoms with Crippen molar-refractivity contribution in [2.45, 2.75) is 44.7 Å². The maximum absolute atomic E-state index is 5.40. The summed E-state index contributed by atoms with van der Waals surface area (Å²) in [7, 11) is 0. The van der Waals surface area contributed by atoms with Crippen LogP contribution in [0.25, 0.3) is 0 Å². The summed E-state index contributed by atoms with van der Waals surface area (Å²) in [5.41, 5.74) is 1.26. The van der Waals surface area contributed by atoms with Crippen LogP contribution in [0.5, 0.6) is 0 Å². The third-order valence-corrected chi connectivity index (χ3v) is 3.45. The molecule has 0 radical (unpaired) electrons. The first kappa shape index (κ1) is 12.7. The van der Waals surface area contributed by atoms with Crippen molar-refractivity contribution in [2.24, 2.45) is 0 Å². The van der Waals surface area contributed by atoms with E-state index in [0.717, 1.165) is 18.1 Å². The molecule has 0 saturated carbocycles. The van der Waals surface area contributed by atoms with E-state index < -0.39 is 0 Å². The minimum absolute atomic E-state index is 0.568. The standard InChI is InChI=1S/C12H21NOS/c1-9(2)13-7-11(4)15-8-12-10(3)5-6-14-12/h5-6,9,11,13H,7-8H2,1-4H3. The topological polar surface area (TPSA) is 25.2 Å². The van der Waals surface area contributed by atoms with Crippen LogP contribution in [0.1, 0.15) is 32.1 Å². The average Bonchev–Trinajstić information content (AvgIpc) is 2.58. The molecular formula is C12H21NOS. The summed E-state index contributed by atoms with van der Waals surface area (Å²) < 4.78 is 5.40. The monoisotopic (exact) mass is 227 g/mol. The molecule has 2 nitrogen and oxygen atoms in total. The van der Waals surface area contributed by atoms with Gasteiger partial charge in [0.2, 0.25) is 0 Å². The minimum atomic E-state index is 0.568. The van der Waals surface area contributed by atoms with E-state index >= 15 is 0 Å². The second-order valence-electron chi connectivity index (χ2n) is 4.21. The fraction of sp³-hybridized carbons (Fsp3) is 0.667. The first-order valence-electron chi connectivity index (χ1n) is 5.47. The Morgan fingerprint density at radius 2 is 2.13 bits per heavy atom. The zero-order valence-corrected chi connectivity index (χ0v) is 10.9. The predicted molar refractivity (Wildman–Crippen MR) is 67.3 cm³/mol. The lowest BCUT2D eigenvalue weighted by Gasteiger charge is -2.14. The van der Waals surface area contributed by atoms with Gasteiger partial charge in [0.1, 0.15) is 5.76 Å². The Hall–Kier alpha value is -0.410. The smallest absolute Gasteiger partial charge is 0.116 e. The largest absolute Gasteiger partial charge is 0.468 e. The highest BCUT2D eigenvalue weighted by molar-refractivity contribution is 7.99. The number of rotatable bonds is 6. The average molecular weight is 227 g/mol. The number of thioether (sulfide) groups is 1. The van der Waals surface area contributed by atoms with E-state index in [2.05, 4.69) is 33.0 Å². The molecule has 1 aromatic rings. The molecule has 1 aromatic heterocycles. The van der Waals surface area contributed by atoms with Crippen LogP contribution in [0, 0.1) is 6.92 Å².